The summed E-state index contributed by atoms with van der Waals surface area (Å²) in [6.45, 7) is 4.58. The first-order valence-corrected chi connectivity index (χ1v) is 7.08. The van der Waals surface area contributed by atoms with Crippen molar-refractivity contribution in [1.29, 1.82) is 0 Å². The third-order valence-corrected chi connectivity index (χ3v) is 3.34. The summed E-state index contributed by atoms with van der Waals surface area (Å²) in [5.41, 5.74) is 0.331. The van der Waals surface area contributed by atoms with Crippen molar-refractivity contribution in [1.82, 2.24) is 5.32 Å². The lowest BCUT2D eigenvalue weighted by Gasteiger charge is -2.18. The first-order valence-electron chi connectivity index (χ1n) is 7.08. The maximum Gasteiger partial charge on any atom is 0.343 e. The predicted molar refractivity (Wildman–Crippen MR) is 81.7 cm³/mol. The molecule has 0 saturated heterocycles. The molecule has 0 saturated carbocycles. The van der Waals surface area contributed by atoms with Crippen LogP contribution in [0.5, 0.6) is 5.75 Å². The number of ether oxygens (including phenoxy) is 2. The van der Waals surface area contributed by atoms with Crippen LogP contribution in [0.3, 0.4) is 0 Å². The Bertz CT molecular complexity index is 496. The van der Waals surface area contributed by atoms with Gasteiger partial charge in [0.25, 0.3) is 0 Å². The van der Waals surface area contributed by atoms with Crippen LogP contribution in [0.4, 0.5) is 0 Å². The van der Waals surface area contributed by atoms with E-state index < -0.39 is 17.4 Å². The van der Waals surface area contributed by atoms with E-state index in [9.17, 15) is 9.59 Å². The normalized spacial score (nSPS) is 11.0. The van der Waals surface area contributed by atoms with Crippen molar-refractivity contribution in [2.45, 2.75) is 26.8 Å². The lowest BCUT2D eigenvalue weighted by atomic mass is 9.90. The molecule has 0 bridgehead atoms. The van der Waals surface area contributed by atoms with Crippen LogP contribution in [-0.2, 0) is 20.9 Å². The summed E-state index contributed by atoms with van der Waals surface area (Å²) in [5, 5.41) is 12.2. The van der Waals surface area contributed by atoms with Gasteiger partial charge in [0.15, 0.2) is 6.61 Å². The number of rotatable bonds is 9. The fourth-order valence-corrected chi connectivity index (χ4v) is 1.65. The van der Waals surface area contributed by atoms with Gasteiger partial charge < -0.3 is 19.9 Å². The van der Waals surface area contributed by atoms with Crippen molar-refractivity contribution < 1.29 is 24.2 Å². The van der Waals surface area contributed by atoms with Crippen LogP contribution >= 0.6 is 0 Å². The molecule has 0 heterocycles. The van der Waals surface area contributed by atoms with E-state index in [0.29, 0.717) is 25.3 Å². The number of carbonyl (C=O) groups is 2. The van der Waals surface area contributed by atoms with E-state index in [2.05, 4.69) is 10.1 Å². The van der Waals surface area contributed by atoms with Gasteiger partial charge in [-0.15, -0.1) is 0 Å². The molecule has 0 aliphatic heterocycles. The first-order chi connectivity index (χ1) is 10.3. The quantitative estimate of drug-likeness (QED) is 0.535. The highest BCUT2D eigenvalue weighted by Crippen LogP contribution is 2.19. The van der Waals surface area contributed by atoms with Crippen molar-refractivity contribution in [3.8, 4) is 5.75 Å². The maximum atomic E-state index is 11.0. The summed E-state index contributed by atoms with van der Waals surface area (Å²) >= 11 is 0. The second kappa shape index (κ2) is 8.38. The molecule has 6 nitrogen and oxygen atoms in total. The van der Waals surface area contributed by atoms with Crippen molar-refractivity contribution in [3.05, 3.63) is 29.8 Å². The van der Waals surface area contributed by atoms with Gasteiger partial charge >= 0.3 is 11.9 Å². The molecular formula is C16H23NO5. The molecule has 6 heteroatoms. The summed E-state index contributed by atoms with van der Waals surface area (Å²) in [6.07, 6.45) is 0.558. The van der Waals surface area contributed by atoms with E-state index >= 15 is 0 Å². The van der Waals surface area contributed by atoms with Gasteiger partial charge in [0, 0.05) is 6.54 Å². The number of carboxylic acid groups (broad SMARTS) is 1. The monoisotopic (exact) mass is 309 g/mol. The van der Waals surface area contributed by atoms with Crippen LogP contribution in [0.1, 0.15) is 25.8 Å². The first kappa shape index (κ1) is 18.0. The Labute approximate surface area is 130 Å². The predicted octanol–water partition coefficient (Wildman–Crippen LogP) is 1.83. The summed E-state index contributed by atoms with van der Waals surface area (Å²) in [5.74, 6) is -0.616. The van der Waals surface area contributed by atoms with E-state index in [1.165, 1.54) is 7.11 Å². The van der Waals surface area contributed by atoms with E-state index in [4.69, 9.17) is 9.84 Å². The molecule has 1 rings (SSSR count). The summed E-state index contributed by atoms with van der Waals surface area (Å²) in [4.78, 5) is 21.9. The number of hydrogen-bond acceptors (Lipinski definition) is 5. The highest BCUT2D eigenvalue weighted by Gasteiger charge is 2.25. The van der Waals surface area contributed by atoms with Gasteiger partial charge in [-0.1, -0.05) is 12.1 Å². The van der Waals surface area contributed by atoms with Gasteiger partial charge in [-0.3, -0.25) is 4.79 Å². The van der Waals surface area contributed by atoms with E-state index in [-0.39, 0.29) is 6.61 Å². The van der Waals surface area contributed by atoms with Crippen molar-refractivity contribution in [2.24, 2.45) is 5.41 Å². The second-order valence-electron chi connectivity index (χ2n) is 5.62. The van der Waals surface area contributed by atoms with Crippen LogP contribution in [0.15, 0.2) is 24.3 Å². The standard InChI is InChI=1S/C16H23NO5/c1-16(2,15(19)20)8-9-17-10-12-4-6-13(7-5-12)22-11-14(18)21-3/h4-7,17H,8-11H2,1-3H3,(H,19,20). The number of methoxy groups -OCH3 is 1. The molecule has 0 amide bonds. The molecule has 0 aliphatic rings. The average Bonchev–Trinajstić information content (AvgIpc) is 2.50. The molecule has 1 aromatic carbocycles. The fourth-order valence-electron chi connectivity index (χ4n) is 1.65. The SMILES string of the molecule is COC(=O)COc1ccc(CNCCC(C)(C)C(=O)O)cc1. The summed E-state index contributed by atoms with van der Waals surface area (Å²) < 4.78 is 9.74. The summed E-state index contributed by atoms with van der Waals surface area (Å²) in [7, 11) is 1.31. The molecule has 0 radical (unpaired) electrons. The minimum absolute atomic E-state index is 0.113. The molecule has 2 N–H and O–H groups in total. The molecule has 0 aliphatic carbocycles. The maximum absolute atomic E-state index is 11.0. The van der Waals surface area contributed by atoms with Crippen LogP contribution in [0.2, 0.25) is 0 Å². The molecule has 0 unspecified atom stereocenters. The molecule has 0 fully saturated rings. The van der Waals surface area contributed by atoms with Gasteiger partial charge in [-0.05, 0) is 44.5 Å². The van der Waals surface area contributed by atoms with Gasteiger partial charge in [-0.2, -0.15) is 0 Å². The Balaban J connectivity index is 2.33. The highest BCUT2D eigenvalue weighted by atomic mass is 16.6. The average molecular weight is 309 g/mol. The number of aliphatic carboxylic acids is 1. The minimum Gasteiger partial charge on any atom is -0.482 e. The zero-order chi connectivity index (χ0) is 16.6. The zero-order valence-electron chi connectivity index (χ0n) is 13.2. The molecule has 1 aromatic rings. The number of benzene rings is 1. The molecular weight excluding hydrogens is 286 g/mol. The third kappa shape index (κ3) is 6.13. The number of nitrogens with one attached hydrogen (secondary N) is 1. The zero-order valence-corrected chi connectivity index (χ0v) is 13.2. The van der Waals surface area contributed by atoms with E-state index in [1.807, 2.05) is 12.1 Å². The highest BCUT2D eigenvalue weighted by molar-refractivity contribution is 5.73. The Morgan fingerprint density at radius 1 is 1.23 bits per heavy atom. The molecule has 122 valence electrons. The number of carbonyl (C=O) groups excluding carboxylic acids is 1. The van der Waals surface area contributed by atoms with Gasteiger partial charge in [-0.25, -0.2) is 4.79 Å². The van der Waals surface area contributed by atoms with Gasteiger partial charge in [0.2, 0.25) is 0 Å². The second-order valence-corrected chi connectivity index (χ2v) is 5.62. The lowest BCUT2D eigenvalue weighted by Crippen LogP contribution is -2.28. The number of esters is 1. The van der Waals surface area contributed by atoms with Gasteiger partial charge in [0.05, 0.1) is 12.5 Å². The number of carboxylic acids is 1. The molecule has 0 aromatic heterocycles. The van der Waals surface area contributed by atoms with E-state index in [1.54, 1.807) is 26.0 Å². The van der Waals surface area contributed by atoms with E-state index in [0.717, 1.165) is 5.56 Å². The third-order valence-electron chi connectivity index (χ3n) is 3.34. The Kier molecular flexibility index (Phi) is 6.85. The Hall–Kier alpha value is -2.08. The Morgan fingerprint density at radius 2 is 1.86 bits per heavy atom. The number of hydrogen-bond donors (Lipinski definition) is 2. The van der Waals surface area contributed by atoms with Crippen molar-refractivity contribution >= 4 is 11.9 Å². The summed E-state index contributed by atoms with van der Waals surface area (Å²) in [6, 6.07) is 7.34. The molecule has 0 spiro atoms. The molecule has 22 heavy (non-hydrogen) atoms. The topological polar surface area (TPSA) is 84.9 Å². The molecule has 0 atom stereocenters. The lowest BCUT2D eigenvalue weighted by molar-refractivity contribution is -0.147. The smallest absolute Gasteiger partial charge is 0.343 e. The Morgan fingerprint density at radius 3 is 2.41 bits per heavy atom. The minimum atomic E-state index is -0.790. The van der Waals surface area contributed by atoms with Crippen LogP contribution in [0, 0.1) is 5.41 Å². The largest absolute Gasteiger partial charge is 0.482 e. The fraction of sp³-hybridized carbons (Fsp3) is 0.500. The van der Waals surface area contributed by atoms with Crippen LogP contribution in [0.25, 0.3) is 0 Å². The van der Waals surface area contributed by atoms with Crippen molar-refractivity contribution in [3.63, 3.8) is 0 Å². The van der Waals surface area contributed by atoms with Gasteiger partial charge in [0.1, 0.15) is 5.75 Å². The van der Waals surface area contributed by atoms with Crippen LogP contribution in [-0.4, -0.2) is 37.3 Å². The van der Waals surface area contributed by atoms with Crippen molar-refractivity contribution in [2.75, 3.05) is 20.3 Å². The van der Waals surface area contributed by atoms with Crippen LogP contribution < -0.4 is 10.1 Å².